The third-order valence-corrected chi connectivity index (χ3v) is 11.2. The van der Waals surface area contributed by atoms with Crippen LogP contribution >= 0.6 is 0 Å². The summed E-state index contributed by atoms with van der Waals surface area (Å²) in [6.45, 7) is 3.75. The van der Waals surface area contributed by atoms with E-state index in [1.54, 1.807) is 12.4 Å². The van der Waals surface area contributed by atoms with Crippen molar-refractivity contribution < 1.29 is 23.9 Å². The van der Waals surface area contributed by atoms with Crippen molar-refractivity contribution in [3.8, 4) is 0 Å². The van der Waals surface area contributed by atoms with Crippen LogP contribution in [0.5, 0.6) is 0 Å². The van der Waals surface area contributed by atoms with Crippen molar-refractivity contribution in [1.82, 2.24) is 9.97 Å². The van der Waals surface area contributed by atoms with Crippen molar-refractivity contribution in [1.29, 1.82) is 0 Å². The summed E-state index contributed by atoms with van der Waals surface area (Å²) >= 11 is 0. The highest BCUT2D eigenvalue weighted by Crippen LogP contribution is 2.91. The Morgan fingerprint density at radius 3 is 1.65 bits per heavy atom. The molecule has 8 rings (SSSR count). The molecule has 2 aromatic heterocycles. The van der Waals surface area contributed by atoms with Gasteiger partial charge in [-0.2, -0.15) is 0 Å². The van der Waals surface area contributed by atoms with Crippen LogP contribution in [0.3, 0.4) is 0 Å². The lowest BCUT2D eigenvalue weighted by Gasteiger charge is -2.71. The Kier molecular flexibility index (Phi) is 3.53. The zero-order chi connectivity index (χ0) is 25.7. The quantitative estimate of drug-likeness (QED) is 0.232. The molecular weight excluding hydrogens is 468 g/mol. The molecule has 0 radical (unpaired) electrons. The Bertz CT molecular complexity index is 1560. The van der Waals surface area contributed by atoms with Gasteiger partial charge in [-0.05, 0) is 67.2 Å². The van der Waals surface area contributed by atoms with Crippen molar-refractivity contribution in [2.45, 2.75) is 31.1 Å². The van der Waals surface area contributed by atoms with Gasteiger partial charge < -0.3 is 9.47 Å². The summed E-state index contributed by atoms with van der Waals surface area (Å²) in [5.74, 6) is -1.25. The van der Waals surface area contributed by atoms with Gasteiger partial charge in [-0.3, -0.25) is 24.4 Å². The van der Waals surface area contributed by atoms with Gasteiger partial charge in [0.1, 0.15) is 10.8 Å². The van der Waals surface area contributed by atoms with E-state index in [0.717, 1.165) is 28.3 Å². The molecule has 3 aromatic rings. The number of Topliss-reactive ketones (excluding diaryl/α,β-unsaturated/α-hetero) is 1. The first kappa shape index (κ1) is 21.5. The van der Waals surface area contributed by atoms with Gasteiger partial charge >= 0.3 is 11.9 Å². The number of rotatable bonds is 2. The summed E-state index contributed by atoms with van der Waals surface area (Å²) in [5, 5.41) is 1.60. The fourth-order valence-electron chi connectivity index (χ4n) is 10.6. The fraction of sp³-hybridized carbons (Fsp3) is 0.433. The Morgan fingerprint density at radius 2 is 1.24 bits per heavy atom. The van der Waals surface area contributed by atoms with Crippen molar-refractivity contribution >= 4 is 39.5 Å². The lowest BCUT2D eigenvalue weighted by Crippen LogP contribution is -2.80. The van der Waals surface area contributed by atoms with Gasteiger partial charge in [-0.25, -0.2) is 0 Å². The fourth-order valence-corrected chi connectivity index (χ4v) is 10.6. The Balaban J connectivity index is 1.64. The number of benzene rings is 1. The number of hydrogen-bond donors (Lipinski definition) is 0. The predicted molar refractivity (Wildman–Crippen MR) is 133 cm³/mol. The van der Waals surface area contributed by atoms with E-state index in [0.29, 0.717) is 11.0 Å². The van der Waals surface area contributed by atoms with Gasteiger partial charge in [0, 0.05) is 23.2 Å². The largest absolute Gasteiger partial charge is 0.469 e. The van der Waals surface area contributed by atoms with Crippen LogP contribution in [0.25, 0.3) is 21.8 Å². The minimum Gasteiger partial charge on any atom is -0.469 e. The first-order valence-electron chi connectivity index (χ1n) is 12.9. The number of carbonyl (C=O) groups is 3. The smallest absolute Gasteiger partial charge is 0.314 e. The summed E-state index contributed by atoms with van der Waals surface area (Å²) in [4.78, 5) is 53.0. The second kappa shape index (κ2) is 6.09. The maximum Gasteiger partial charge on any atom is 0.314 e. The molecule has 7 nitrogen and oxygen atoms in total. The molecule has 3 saturated carbocycles. The predicted octanol–water partition coefficient (Wildman–Crippen LogP) is 3.67. The summed E-state index contributed by atoms with van der Waals surface area (Å²) in [6.07, 6.45) is 8.65. The van der Waals surface area contributed by atoms with Crippen LogP contribution in [0.2, 0.25) is 0 Å². The standard InChI is InChI=1S/C30H26N2O5/c1-27-20-16-7-5-11-31-22(16)23-17(8-6-12-32-23)21(20)28(2,24(27)33)30(26(35)37-4)19-15-10-9-14(13-15)18(19)29(27,30)25(34)36-3/h5-12,14-15,18-19H,13H2,1-4H3/t14-,15+,18+,19-,27-,28+,29-,30+. The van der Waals surface area contributed by atoms with E-state index in [1.807, 2.05) is 38.1 Å². The van der Waals surface area contributed by atoms with Crippen LogP contribution in [-0.2, 0) is 34.7 Å². The monoisotopic (exact) mass is 494 g/mol. The van der Waals surface area contributed by atoms with Crippen molar-refractivity contribution in [3.63, 3.8) is 0 Å². The molecule has 0 amide bonds. The lowest BCUT2D eigenvalue weighted by atomic mass is 9.27. The number of hydrogen-bond acceptors (Lipinski definition) is 7. The van der Waals surface area contributed by atoms with Gasteiger partial charge in [0.2, 0.25) is 0 Å². The van der Waals surface area contributed by atoms with E-state index in [-0.39, 0.29) is 29.5 Å². The van der Waals surface area contributed by atoms with E-state index in [2.05, 4.69) is 22.1 Å². The summed E-state index contributed by atoms with van der Waals surface area (Å²) < 4.78 is 11.1. The average Bonchev–Trinajstić information content (AvgIpc) is 3.57. The Morgan fingerprint density at radius 1 is 0.811 bits per heavy atom. The van der Waals surface area contributed by atoms with Gasteiger partial charge in [0.25, 0.3) is 0 Å². The maximum atomic E-state index is 15.1. The highest BCUT2D eigenvalue weighted by atomic mass is 16.5. The number of aromatic nitrogens is 2. The third kappa shape index (κ3) is 1.66. The van der Waals surface area contributed by atoms with E-state index in [4.69, 9.17) is 9.47 Å². The lowest BCUT2D eigenvalue weighted by molar-refractivity contribution is -0.257. The molecule has 0 N–H and O–H groups in total. The van der Waals surface area contributed by atoms with Crippen LogP contribution in [0, 0.1) is 34.5 Å². The highest BCUT2D eigenvalue weighted by Gasteiger charge is 3.00. The van der Waals surface area contributed by atoms with Crippen LogP contribution in [0.15, 0.2) is 48.8 Å². The van der Waals surface area contributed by atoms with Crippen LogP contribution in [0.1, 0.15) is 31.4 Å². The molecule has 0 unspecified atom stereocenters. The minimum atomic E-state index is -1.38. The molecule has 8 atom stereocenters. The second-order valence-electron chi connectivity index (χ2n) is 11.7. The molecule has 3 fully saturated rings. The Hall–Kier alpha value is -3.61. The van der Waals surface area contributed by atoms with Gasteiger partial charge in [0.15, 0.2) is 5.78 Å². The van der Waals surface area contributed by atoms with E-state index < -0.39 is 33.6 Å². The highest BCUT2D eigenvalue weighted by molar-refractivity contribution is 6.25. The molecule has 37 heavy (non-hydrogen) atoms. The van der Waals surface area contributed by atoms with Gasteiger partial charge in [-0.15, -0.1) is 0 Å². The summed E-state index contributed by atoms with van der Waals surface area (Å²) in [6, 6.07) is 7.61. The molecule has 0 spiro atoms. The van der Waals surface area contributed by atoms with Crippen molar-refractivity contribution in [2.24, 2.45) is 34.5 Å². The molecule has 0 saturated heterocycles. The number of ketones is 1. The zero-order valence-corrected chi connectivity index (χ0v) is 21.1. The number of ether oxygens (including phenoxy) is 2. The molecule has 186 valence electrons. The molecule has 5 aliphatic carbocycles. The third-order valence-electron chi connectivity index (χ3n) is 11.2. The minimum absolute atomic E-state index is 0.106. The van der Waals surface area contributed by atoms with Crippen molar-refractivity contribution in [2.75, 3.05) is 14.2 Å². The first-order chi connectivity index (χ1) is 17.8. The number of pyridine rings is 2. The Labute approximate surface area is 213 Å². The molecule has 5 aliphatic rings. The SMILES string of the molecule is COC(=O)[C@]12[C@H]3[C@H]([C@@H]4C=C[C@H]3C4)[C@@]1(C(=O)OC)[C@@]1(C)C(=O)[C@]2(C)c2c1c1cccnc1c1ncccc21. The molecule has 1 aromatic carbocycles. The van der Waals surface area contributed by atoms with E-state index in [1.165, 1.54) is 14.2 Å². The number of nitrogens with zero attached hydrogens (tertiary/aromatic N) is 2. The first-order valence-corrected chi connectivity index (χ1v) is 12.9. The molecule has 2 heterocycles. The van der Waals surface area contributed by atoms with E-state index in [9.17, 15) is 9.59 Å². The molecule has 0 aliphatic heterocycles. The number of methoxy groups -OCH3 is 2. The molecule has 4 bridgehead atoms. The van der Waals surface area contributed by atoms with Crippen LogP contribution in [0.4, 0.5) is 0 Å². The summed E-state index contributed by atoms with van der Waals surface area (Å²) in [7, 11) is 2.73. The van der Waals surface area contributed by atoms with Crippen LogP contribution < -0.4 is 0 Å². The number of allylic oxidation sites excluding steroid dienone is 2. The maximum absolute atomic E-state index is 15.1. The molecule has 7 heteroatoms. The second-order valence-corrected chi connectivity index (χ2v) is 11.7. The molecular formula is C30H26N2O5. The van der Waals surface area contributed by atoms with Crippen molar-refractivity contribution in [3.05, 3.63) is 59.9 Å². The zero-order valence-electron chi connectivity index (χ0n) is 21.1. The number of esters is 2. The topological polar surface area (TPSA) is 95.5 Å². The average molecular weight is 495 g/mol. The van der Waals surface area contributed by atoms with Crippen LogP contribution in [-0.4, -0.2) is 41.9 Å². The van der Waals surface area contributed by atoms with E-state index >= 15 is 4.79 Å². The van der Waals surface area contributed by atoms with Gasteiger partial charge in [-0.1, -0.05) is 24.3 Å². The van der Waals surface area contributed by atoms with Gasteiger partial charge in [0.05, 0.1) is 36.1 Å². The number of carbonyl (C=O) groups excluding carboxylic acids is 3. The summed E-state index contributed by atoms with van der Waals surface area (Å²) in [5.41, 5.74) is -2.41. The normalized spacial score (nSPS) is 41.5. The number of fused-ring (bicyclic) bond motifs is 20.